The van der Waals surface area contributed by atoms with Gasteiger partial charge < -0.3 is 10.1 Å². The van der Waals surface area contributed by atoms with E-state index >= 15 is 0 Å². The minimum absolute atomic E-state index is 0.365. The van der Waals surface area contributed by atoms with Gasteiger partial charge >= 0.3 is 0 Å². The van der Waals surface area contributed by atoms with Gasteiger partial charge in [0.2, 0.25) is 0 Å². The molecule has 0 fully saturated rings. The second-order valence-corrected chi connectivity index (χ2v) is 4.92. The lowest BCUT2D eigenvalue weighted by molar-refractivity contribution is 0.0198. The first-order valence-electron chi connectivity index (χ1n) is 6.42. The van der Waals surface area contributed by atoms with Gasteiger partial charge in [-0.05, 0) is 12.3 Å². The van der Waals surface area contributed by atoms with E-state index in [1.54, 1.807) is 0 Å². The number of ether oxygens (including phenoxy) is 1. The van der Waals surface area contributed by atoms with Crippen LogP contribution in [0.15, 0.2) is 0 Å². The number of unbranched alkanes of at least 4 members (excludes halogenated alkanes) is 2. The first-order valence-corrected chi connectivity index (χ1v) is 6.42. The summed E-state index contributed by atoms with van der Waals surface area (Å²) in [4.78, 5) is 0. The Labute approximate surface area is 95.8 Å². The lowest BCUT2D eigenvalue weighted by Gasteiger charge is -2.23. The molecule has 0 aromatic heterocycles. The predicted molar refractivity (Wildman–Crippen MR) is 67.2 cm³/mol. The van der Waals surface area contributed by atoms with Gasteiger partial charge in [-0.15, -0.1) is 0 Å². The number of hydrogen-bond donors (Lipinski definition) is 1. The van der Waals surface area contributed by atoms with E-state index in [0.29, 0.717) is 18.1 Å². The minimum Gasteiger partial charge on any atom is -0.377 e. The van der Waals surface area contributed by atoms with Crippen LogP contribution < -0.4 is 5.32 Å². The van der Waals surface area contributed by atoms with Crippen LogP contribution in [0.25, 0.3) is 0 Å². The van der Waals surface area contributed by atoms with Crippen molar-refractivity contribution in [3.63, 3.8) is 0 Å². The van der Waals surface area contributed by atoms with Crippen LogP contribution in [0, 0.1) is 5.92 Å². The second kappa shape index (κ2) is 9.17. The Morgan fingerprint density at radius 3 is 2.20 bits per heavy atom. The average molecular weight is 215 g/mol. The van der Waals surface area contributed by atoms with E-state index in [-0.39, 0.29) is 0 Å². The Hall–Kier alpha value is -0.0800. The first-order chi connectivity index (χ1) is 7.07. The maximum Gasteiger partial charge on any atom is 0.0722 e. The van der Waals surface area contributed by atoms with Crippen molar-refractivity contribution in [3.05, 3.63) is 0 Å². The fourth-order valence-electron chi connectivity index (χ4n) is 1.43. The Morgan fingerprint density at radius 2 is 1.73 bits per heavy atom. The molecule has 15 heavy (non-hydrogen) atoms. The summed E-state index contributed by atoms with van der Waals surface area (Å²) in [6.45, 7) is 12.9. The average Bonchev–Trinajstić information content (AvgIpc) is 2.15. The van der Waals surface area contributed by atoms with Gasteiger partial charge in [-0.25, -0.2) is 0 Å². The van der Waals surface area contributed by atoms with Crippen LogP contribution in [0.3, 0.4) is 0 Å². The Kier molecular flexibility index (Phi) is 9.12. The Balaban J connectivity index is 3.64. The maximum absolute atomic E-state index is 5.89. The van der Waals surface area contributed by atoms with Gasteiger partial charge in [-0.1, -0.05) is 47.5 Å². The molecule has 0 aliphatic rings. The van der Waals surface area contributed by atoms with E-state index in [1.807, 2.05) is 0 Å². The molecule has 1 N–H and O–H groups in total. The third-order valence-electron chi connectivity index (χ3n) is 2.55. The second-order valence-electron chi connectivity index (χ2n) is 4.92. The molecule has 0 spiro atoms. The molecular weight excluding hydrogens is 186 g/mol. The summed E-state index contributed by atoms with van der Waals surface area (Å²) in [5.74, 6) is 0.595. The smallest absolute Gasteiger partial charge is 0.0722 e. The van der Waals surface area contributed by atoms with Gasteiger partial charge in [0.25, 0.3) is 0 Å². The van der Waals surface area contributed by atoms with Gasteiger partial charge in [0.1, 0.15) is 0 Å². The van der Waals surface area contributed by atoms with Gasteiger partial charge in [0, 0.05) is 19.2 Å². The molecule has 0 aromatic rings. The van der Waals surface area contributed by atoms with E-state index in [4.69, 9.17) is 4.74 Å². The van der Waals surface area contributed by atoms with Crippen LogP contribution in [-0.4, -0.2) is 25.3 Å². The summed E-state index contributed by atoms with van der Waals surface area (Å²) in [5.41, 5.74) is 0. The van der Waals surface area contributed by atoms with Crippen molar-refractivity contribution in [1.82, 2.24) is 5.32 Å². The van der Waals surface area contributed by atoms with Crippen molar-refractivity contribution in [2.45, 2.75) is 66.0 Å². The van der Waals surface area contributed by atoms with Crippen molar-refractivity contribution in [2.24, 2.45) is 5.92 Å². The normalized spacial score (nSPS) is 13.8. The molecule has 0 aromatic carbocycles. The highest BCUT2D eigenvalue weighted by atomic mass is 16.5. The zero-order chi connectivity index (χ0) is 11.7. The summed E-state index contributed by atoms with van der Waals surface area (Å²) < 4.78 is 5.89. The summed E-state index contributed by atoms with van der Waals surface area (Å²) >= 11 is 0. The van der Waals surface area contributed by atoms with E-state index in [0.717, 1.165) is 13.2 Å². The summed E-state index contributed by atoms with van der Waals surface area (Å²) in [6, 6.07) is 0.547. The Bertz CT molecular complexity index is 134. The Morgan fingerprint density at radius 1 is 1.07 bits per heavy atom. The molecule has 2 heteroatoms. The molecular formula is C13H29NO. The van der Waals surface area contributed by atoms with E-state index < -0.39 is 0 Å². The monoisotopic (exact) mass is 215 g/mol. The quantitative estimate of drug-likeness (QED) is 0.596. The third-order valence-corrected chi connectivity index (χ3v) is 2.55. The molecule has 0 aliphatic carbocycles. The van der Waals surface area contributed by atoms with Crippen molar-refractivity contribution >= 4 is 0 Å². The molecule has 1 unspecified atom stereocenters. The SMILES string of the molecule is CCCCCOC(CNC(C)C)C(C)C. The number of hydrogen-bond acceptors (Lipinski definition) is 2. The fraction of sp³-hybridized carbons (Fsp3) is 1.00. The molecule has 0 rings (SSSR count). The number of nitrogens with one attached hydrogen (secondary N) is 1. The zero-order valence-electron chi connectivity index (χ0n) is 11.2. The molecule has 0 heterocycles. The topological polar surface area (TPSA) is 21.3 Å². The molecule has 0 bridgehead atoms. The summed E-state index contributed by atoms with van der Waals surface area (Å²) in [7, 11) is 0. The summed E-state index contributed by atoms with van der Waals surface area (Å²) in [6.07, 6.45) is 4.10. The van der Waals surface area contributed by atoms with E-state index in [2.05, 4.69) is 39.9 Å². The largest absolute Gasteiger partial charge is 0.377 e. The third kappa shape index (κ3) is 8.88. The van der Waals surface area contributed by atoms with Crippen molar-refractivity contribution < 1.29 is 4.74 Å². The highest BCUT2D eigenvalue weighted by Gasteiger charge is 2.13. The molecule has 0 saturated heterocycles. The fourth-order valence-corrected chi connectivity index (χ4v) is 1.43. The molecule has 0 amide bonds. The number of rotatable bonds is 9. The molecule has 0 radical (unpaired) electrons. The van der Waals surface area contributed by atoms with Crippen LogP contribution in [0.5, 0.6) is 0 Å². The minimum atomic E-state index is 0.365. The molecule has 1 atom stereocenters. The van der Waals surface area contributed by atoms with Crippen LogP contribution in [-0.2, 0) is 4.74 Å². The molecule has 92 valence electrons. The molecule has 0 aliphatic heterocycles. The highest BCUT2D eigenvalue weighted by molar-refractivity contribution is 4.67. The molecule has 2 nitrogen and oxygen atoms in total. The highest BCUT2D eigenvalue weighted by Crippen LogP contribution is 2.07. The van der Waals surface area contributed by atoms with Gasteiger partial charge in [0.15, 0.2) is 0 Å². The molecule has 0 saturated carbocycles. The van der Waals surface area contributed by atoms with Crippen LogP contribution in [0.2, 0.25) is 0 Å². The standard InChI is InChI=1S/C13H29NO/c1-6-7-8-9-15-13(11(2)3)10-14-12(4)5/h11-14H,6-10H2,1-5H3. The van der Waals surface area contributed by atoms with Crippen molar-refractivity contribution in [1.29, 1.82) is 0 Å². The lowest BCUT2D eigenvalue weighted by Crippen LogP contribution is -2.36. The van der Waals surface area contributed by atoms with Gasteiger partial charge in [-0.3, -0.25) is 0 Å². The van der Waals surface area contributed by atoms with Gasteiger partial charge in [-0.2, -0.15) is 0 Å². The summed E-state index contributed by atoms with van der Waals surface area (Å²) in [5, 5.41) is 3.44. The first kappa shape index (κ1) is 14.9. The van der Waals surface area contributed by atoms with E-state index in [1.165, 1.54) is 19.3 Å². The lowest BCUT2D eigenvalue weighted by atomic mass is 10.1. The van der Waals surface area contributed by atoms with Gasteiger partial charge in [0.05, 0.1) is 6.10 Å². The zero-order valence-corrected chi connectivity index (χ0v) is 11.2. The van der Waals surface area contributed by atoms with Crippen molar-refractivity contribution in [2.75, 3.05) is 13.2 Å². The van der Waals surface area contributed by atoms with Crippen molar-refractivity contribution in [3.8, 4) is 0 Å². The van der Waals surface area contributed by atoms with E-state index in [9.17, 15) is 0 Å². The predicted octanol–water partition coefficient (Wildman–Crippen LogP) is 3.22. The maximum atomic E-state index is 5.89. The van der Waals surface area contributed by atoms with Crippen LogP contribution in [0.1, 0.15) is 53.9 Å². The van der Waals surface area contributed by atoms with Crippen LogP contribution in [0.4, 0.5) is 0 Å². The van der Waals surface area contributed by atoms with Crippen LogP contribution >= 0.6 is 0 Å².